The molecule has 0 atom stereocenters. The number of aromatic hydroxyl groups is 1. The highest BCUT2D eigenvalue weighted by Gasteiger charge is 2.09. The van der Waals surface area contributed by atoms with Crippen LogP contribution in [0.5, 0.6) is 5.75 Å². The molecular formula is C8H8NO. The van der Waals surface area contributed by atoms with E-state index in [0.717, 1.165) is 13.1 Å². The highest BCUT2D eigenvalue weighted by Crippen LogP contribution is 2.20. The van der Waals surface area contributed by atoms with Crippen LogP contribution < -0.4 is 5.32 Å². The Morgan fingerprint density at radius 1 is 1.20 bits per heavy atom. The van der Waals surface area contributed by atoms with Crippen LogP contribution in [-0.4, -0.2) is 5.11 Å². The molecule has 0 spiro atoms. The van der Waals surface area contributed by atoms with Crippen molar-refractivity contribution < 1.29 is 5.11 Å². The molecule has 2 nitrogen and oxygen atoms in total. The van der Waals surface area contributed by atoms with Gasteiger partial charge in [0.1, 0.15) is 5.75 Å². The lowest BCUT2D eigenvalue weighted by Crippen LogP contribution is -1.88. The summed E-state index contributed by atoms with van der Waals surface area (Å²) in [6, 6.07) is 5.42. The van der Waals surface area contributed by atoms with E-state index in [0.29, 0.717) is 5.75 Å². The van der Waals surface area contributed by atoms with Crippen molar-refractivity contribution in [2.75, 3.05) is 0 Å². The molecule has 1 heterocycles. The lowest BCUT2D eigenvalue weighted by atomic mass is 10.1. The maximum absolute atomic E-state index is 9.05. The summed E-state index contributed by atoms with van der Waals surface area (Å²) < 4.78 is 0. The van der Waals surface area contributed by atoms with Crippen molar-refractivity contribution in [1.82, 2.24) is 5.32 Å². The summed E-state index contributed by atoms with van der Waals surface area (Å²) in [6.45, 7) is 1.58. The van der Waals surface area contributed by atoms with Crippen molar-refractivity contribution in [1.29, 1.82) is 0 Å². The second-order valence-electron chi connectivity index (χ2n) is 2.49. The molecule has 0 unspecified atom stereocenters. The first-order valence-electron chi connectivity index (χ1n) is 3.30. The van der Waals surface area contributed by atoms with Gasteiger partial charge in [0, 0.05) is 13.1 Å². The Hall–Kier alpha value is -1.02. The molecule has 2 heteroatoms. The summed E-state index contributed by atoms with van der Waals surface area (Å²) in [5.74, 6) is 0.343. The molecule has 10 heavy (non-hydrogen) atoms. The van der Waals surface area contributed by atoms with E-state index in [9.17, 15) is 0 Å². The van der Waals surface area contributed by atoms with Gasteiger partial charge in [0.2, 0.25) is 0 Å². The monoisotopic (exact) mass is 134 g/mol. The molecule has 0 amide bonds. The van der Waals surface area contributed by atoms with E-state index in [-0.39, 0.29) is 0 Å². The third-order valence-corrected chi connectivity index (χ3v) is 1.75. The fraction of sp³-hybridized carbons (Fsp3) is 0.250. The van der Waals surface area contributed by atoms with Gasteiger partial charge in [-0.2, -0.15) is 0 Å². The summed E-state index contributed by atoms with van der Waals surface area (Å²) in [5, 5.41) is 13.2. The smallest absolute Gasteiger partial charge is 0.115 e. The Kier molecular flexibility index (Phi) is 1.14. The van der Waals surface area contributed by atoms with Crippen LogP contribution in [0.1, 0.15) is 11.1 Å². The molecule has 1 radical (unpaired) electrons. The molecule has 1 aliphatic heterocycles. The lowest BCUT2D eigenvalue weighted by molar-refractivity contribution is 0.474. The zero-order chi connectivity index (χ0) is 6.97. The van der Waals surface area contributed by atoms with Crippen molar-refractivity contribution >= 4 is 0 Å². The van der Waals surface area contributed by atoms with Gasteiger partial charge >= 0.3 is 0 Å². The van der Waals surface area contributed by atoms with Gasteiger partial charge in [0.15, 0.2) is 0 Å². The SMILES string of the molecule is Oc1ccc2c(c1)C[N]C2. The van der Waals surface area contributed by atoms with Gasteiger partial charge in [-0.25, -0.2) is 5.32 Å². The Morgan fingerprint density at radius 3 is 2.90 bits per heavy atom. The summed E-state index contributed by atoms with van der Waals surface area (Å²) in [7, 11) is 0. The lowest BCUT2D eigenvalue weighted by Gasteiger charge is -1.95. The van der Waals surface area contributed by atoms with Crippen LogP contribution >= 0.6 is 0 Å². The van der Waals surface area contributed by atoms with Gasteiger partial charge in [-0.3, -0.25) is 0 Å². The Morgan fingerprint density at radius 2 is 2.00 bits per heavy atom. The number of hydrogen-bond donors (Lipinski definition) is 1. The molecule has 51 valence electrons. The van der Waals surface area contributed by atoms with Gasteiger partial charge in [-0.15, -0.1) is 0 Å². The first kappa shape index (κ1) is 5.74. The normalized spacial score (nSPS) is 15.2. The minimum absolute atomic E-state index is 0.343. The topological polar surface area (TPSA) is 34.3 Å². The van der Waals surface area contributed by atoms with Gasteiger partial charge < -0.3 is 5.11 Å². The molecule has 1 N–H and O–H groups in total. The van der Waals surface area contributed by atoms with Crippen molar-refractivity contribution in [2.24, 2.45) is 0 Å². The second kappa shape index (κ2) is 1.99. The predicted octanol–water partition coefficient (Wildman–Crippen LogP) is 1.01. The molecule has 2 rings (SSSR count). The van der Waals surface area contributed by atoms with Crippen molar-refractivity contribution in [2.45, 2.75) is 13.1 Å². The maximum Gasteiger partial charge on any atom is 0.115 e. The number of phenols is 1. The van der Waals surface area contributed by atoms with Crippen molar-refractivity contribution in [3.05, 3.63) is 29.3 Å². The fourth-order valence-corrected chi connectivity index (χ4v) is 1.21. The number of nitrogens with zero attached hydrogens (tertiary/aromatic N) is 1. The average Bonchev–Trinajstić information content (AvgIpc) is 2.33. The van der Waals surface area contributed by atoms with Crippen LogP contribution in [0.4, 0.5) is 0 Å². The molecular weight excluding hydrogens is 126 g/mol. The zero-order valence-electron chi connectivity index (χ0n) is 5.54. The van der Waals surface area contributed by atoms with Gasteiger partial charge in [0.25, 0.3) is 0 Å². The Labute approximate surface area is 59.5 Å². The molecule has 1 aliphatic rings. The second-order valence-corrected chi connectivity index (χ2v) is 2.49. The number of phenolic OH excluding ortho intramolecular Hbond substituents is 1. The number of rotatable bonds is 0. The van der Waals surface area contributed by atoms with Crippen LogP contribution in [-0.2, 0) is 13.1 Å². The van der Waals surface area contributed by atoms with E-state index in [1.165, 1.54) is 11.1 Å². The summed E-state index contributed by atoms with van der Waals surface area (Å²) in [4.78, 5) is 0. The quantitative estimate of drug-likeness (QED) is 0.564. The first-order chi connectivity index (χ1) is 4.86. The van der Waals surface area contributed by atoms with Gasteiger partial charge in [0.05, 0.1) is 0 Å². The van der Waals surface area contributed by atoms with E-state index < -0.39 is 0 Å². The van der Waals surface area contributed by atoms with Crippen molar-refractivity contribution in [3.63, 3.8) is 0 Å². The summed E-state index contributed by atoms with van der Waals surface area (Å²) in [5.41, 5.74) is 2.41. The molecule has 1 aromatic carbocycles. The number of benzene rings is 1. The molecule has 0 fully saturated rings. The summed E-state index contributed by atoms with van der Waals surface area (Å²) in [6.07, 6.45) is 0. The Bertz CT molecular complexity index is 257. The molecule has 0 bridgehead atoms. The molecule has 0 saturated heterocycles. The van der Waals surface area contributed by atoms with Crippen LogP contribution in [0.3, 0.4) is 0 Å². The third-order valence-electron chi connectivity index (χ3n) is 1.75. The predicted molar refractivity (Wildman–Crippen MR) is 37.6 cm³/mol. The zero-order valence-corrected chi connectivity index (χ0v) is 5.54. The minimum atomic E-state index is 0.343. The van der Waals surface area contributed by atoms with E-state index >= 15 is 0 Å². The number of hydrogen-bond acceptors (Lipinski definition) is 1. The molecule has 0 aromatic heterocycles. The Balaban J connectivity index is 2.52. The first-order valence-corrected chi connectivity index (χ1v) is 3.30. The molecule has 1 aromatic rings. The average molecular weight is 134 g/mol. The van der Waals surface area contributed by atoms with Crippen molar-refractivity contribution in [3.8, 4) is 5.75 Å². The highest BCUT2D eigenvalue weighted by molar-refractivity contribution is 5.36. The van der Waals surface area contributed by atoms with E-state index in [2.05, 4.69) is 5.32 Å². The fourth-order valence-electron chi connectivity index (χ4n) is 1.21. The molecule has 0 saturated carbocycles. The standard InChI is InChI=1S/C8H8NO/c10-8-2-1-6-4-9-5-7(6)3-8/h1-3,10H,4-5H2. The van der Waals surface area contributed by atoms with Crippen LogP contribution in [0.25, 0.3) is 0 Å². The van der Waals surface area contributed by atoms with Crippen LogP contribution in [0.15, 0.2) is 18.2 Å². The van der Waals surface area contributed by atoms with Crippen LogP contribution in [0, 0.1) is 0 Å². The highest BCUT2D eigenvalue weighted by atomic mass is 16.3. The third kappa shape index (κ3) is 0.772. The minimum Gasteiger partial charge on any atom is -0.508 e. The maximum atomic E-state index is 9.05. The van der Waals surface area contributed by atoms with E-state index in [4.69, 9.17) is 5.11 Å². The van der Waals surface area contributed by atoms with Gasteiger partial charge in [-0.05, 0) is 23.3 Å². The van der Waals surface area contributed by atoms with E-state index in [1.54, 1.807) is 12.1 Å². The largest absolute Gasteiger partial charge is 0.508 e. The number of fused-ring (bicyclic) bond motifs is 1. The van der Waals surface area contributed by atoms with E-state index in [1.807, 2.05) is 6.07 Å². The molecule has 0 aliphatic carbocycles. The van der Waals surface area contributed by atoms with Gasteiger partial charge in [-0.1, -0.05) is 6.07 Å². The van der Waals surface area contributed by atoms with Crippen LogP contribution in [0.2, 0.25) is 0 Å². The summed E-state index contributed by atoms with van der Waals surface area (Å²) >= 11 is 0.